The largest absolute Gasteiger partial charge is 0.282 e. The number of thiazole rings is 1. The molecule has 0 radical (unpaired) electrons. The average Bonchev–Trinajstić information content (AvgIpc) is 3.53. The highest BCUT2D eigenvalue weighted by Crippen LogP contribution is 2.34. The number of aromatic nitrogens is 1. The summed E-state index contributed by atoms with van der Waals surface area (Å²) >= 11 is 2.65. The Hall–Kier alpha value is -2.59. The topological polar surface area (TPSA) is 70.6 Å². The minimum absolute atomic E-state index is 0.223. The van der Waals surface area contributed by atoms with Crippen LogP contribution >= 0.6 is 22.7 Å². The van der Waals surface area contributed by atoms with E-state index in [0.29, 0.717) is 24.6 Å². The smallest absolute Gasteiger partial charge is 0.253 e. The number of carbonyl (C=O) groups excluding carboxylic acids is 1. The lowest BCUT2D eigenvalue weighted by atomic mass is 10.0. The average molecular weight is 512 g/mol. The second kappa shape index (κ2) is 9.58. The molecule has 1 aliphatic heterocycles. The fraction of sp³-hybridized carbons (Fsp3) is 0.280. The van der Waals surface area contributed by atoms with Crippen LogP contribution in [0.1, 0.15) is 30.4 Å². The van der Waals surface area contributed by atoms with Crippen LogP contribution in [0.3, 0.4) is 0 Å². The zero-order chi connectivity index (χ0) is 23.7. The zero-order valence-corrected chi connectivity index (χ0v) is 21.2. The van der Waals surface area contributed by atoms with Gasteiger partial charge < -0.3 is 0 Å². The van der Waals surface area contributed by atoms with Gasteiger partial charge >= 0.3 is 0 Å². The summed E-state index contributed by atoms with van der Waals surface area (Å²) in [5.74, 6) is -0.223. The maximum atomic E-state index is 14.1. The van der Waals surface area contributed by atoms with Crippen molar-refractivity contribution in [1.29, 1.82) is 0 Å². The van der Waals surface area contributed by atoms with E-state index in [1.54, 1.807) is 22.4 Å². The van der Waals surface area contributed by atoms with E-state index in [-0.39, 0.29) is 10.1 Å². The molecule has 1 unspecified atom stereocenters. The first-order chi connectivity index (χ1) is 16.4. The lowest BCUT2D eigenvalue weighted by Crippen LogP contribution is -2.52. The van der Waals surface area contributed by atoms with Crippen LogP contribution in [0, 0.1) is 6.92 Å². The van der Waals surface area contributed by atoms with Gasteiger partial charge in [-0.15, -0.1) is 11.3 Å². The highest BCUT2D eigenvalue weighted by Gasteiger charge is 2.40. The van der Waals surface area contributed by atoms with Crippen molar-refractivity contribution in [2.45, 2.75) is 43.0 Å². The van der Waals surface area contributed by atoms with Gasteiger partial charge in [0.1, 0.15) is 10.3 Å². The van der Waals surface area contributed by atoms with Gasteiger partial charge in [-0.2, -0.15) is 4.31 Å². The third kappa shape index (κ3) is 4.53. The SMILES string of the molecule is Cc1ccc2nc(N(Cc3ccccc3)C(=O)C3CCCCN3S(=O)(=O)c3cccs3)sc2c1. The van der Waals surface area contributed by atoms with Crippen molar-refractivity contribution in [3.05, 3.63) is 77.2 Å². The summed E-state index contributed by atoms with van der Waals surface area (Å²) in [6.07, 6.45) is 2.05. The van der Waals surface area contributed by atoms with Gasteiger partial charge in [-0.25, -0.2) is 13.4 Å². The van der Waals surface area contributed by atoms with Crippen LogP contribution in [0.4, 0.5) is 5.13 Å². The molecule has 4 aromatic rings. The molecule has 0 aliphatic carbocycles. The predicted octanol–water partition coefficient (Wildman–Crippen LogP) is 5.44. The molecular weight excluding hydrogens is 486 g/mol. The predicted molar refractivity (Wildman–Crippen MR) is 138 cm³/mol. The summed E-state index contributed by atoms with van der Waals surface area (Å²) in [7, 11) is -3.74. The Morgan fingerprint density at radius 3 is 2.71 bits per heavy atom. The van der Waals surface area contributed by atoms with Crippen molar-refractivity contribution >= 4 is 54.0 Å². The molecule has 1 amide bonds. The Morgan fingerprint density at radius 2 is 1.94 bits per heavy atom. The zero-order valence-electron chi connectivity index (χ0n) is 18.8. The van der Waals surface area contributed by atoms with Crippen molar-refractivity contribution in [3.63, 3.8) is 0 Å². The van der Waals surface area contributed by atoms with Crippen LogP contribution in [0.15, 0.2) is 70.3 Å². The molecule has 2 aromatic heterocycles. The molecule has 1 fully saturated rings. The van der Waals surface area contributed by atoms with Gasteiger partial charge in [0.05, 0.1) is 16.8 Å². The van der Waals surface area contributed by atoms with Gasteiger partial charge in [0.15, 0.2) is 5.13 Å². The summed E-state index contributed by atoms with van der Waals surface area (Å²) < 4.78 is 29.5. The molecule has 0 N–H and O–H groups in total. The lowest BCUT2D eigenvalue weighted by Gasteiger charge is -2.35. The molecule has 1 atom stereocenters. The van der Waals surface area contributed by atoms with Crippen molar-refractivity contribution < 1.29 is 13.2 Å². The molecule has 176 valence electrons. The second-order valence-corrected chi connectivity index (χ2v) is 12.5. The lowest BCUT2D eigenvalue weighted by molar-refractivity contribution is -0.123. The maximum Gasteiger partial charge on any atom is 0.253 e. The number of piperidine rings is 1. The molecule has 3 heterocycles. The van der Waals surface area contributed by atoms with Crippen molar-refractivity contribution in [3.8, 4) is 0 Å². The fourth-order valence-corrected chi connectivity index (χ4v) is 8.13. The first-order valence-electron chi connectivity index (χ1n) is 11.2. The van der Waals surface area contributed by atoms with Gasteiger partial charge in [-0.1, -0.05) is 60.2 Å². The first kappa shape index (κ1) is 23.2. The molecule has 9 heteroatoms. The van der Waals surface area contributed by atoms with Crippen molar-refractivity contribution in [2.24, 2.45) is 0 Å². The quantitative estimate of drug-likeness (QED) is 0.345. The summed E-state index contributed by atoms with van der Waals surface area (Å²) in [5, 5.41) is 2.34. The Balaban J connectivity index is 1.54. The monoisotopic (exact) mass is 511 g/mol. The number of carbonyl (C=O) groups is 1. The Labute approximate surface area is 207 Å². The van der Waals surface area contributed by atoms with E-state index in [2.05, 4.69) is 6.07 Å². The van der Waals surface area contributed by atoms with Gasteiger partial charge in [0.25, 0.3) is 10.0 Å². The number of aryl methyl sites for hydroxylation is 1. The molecule has 6 nitrogen and oxygen atoms in total. The van der Waals surface area contributed by atoms with Crippen LogP contribution in [0.2, 0.25) is 0 Å². The van der Waals surface area contributed by atoms with Gasteiger partial charge in [-0.3, -0.25) is 9.69 Å². The third-order valence-electron chi connectivity index (χ3n) is 6.01. The number of hydrogen-bond donors (Lipinski definition) is 0. The Morgan fingerprint density at radius 1 is 1.12 bits per heavy atom. The van der Waals surface area contributed by atoms with E-state index in [1.807, 2.05) is 49.4 Å². The van der Waals surface area contributed by atoms with Crippen molar-refractivity contribution in [1.82, 2.24) is 9.29 Å². The second-order valence-electron chi connectivity index (χ2n) is 8.44. The molecule has 0 saturated carbocycles. The highest BCUT2D eigenvalue weighted by atomic mass is 32.2. The van der Waals surface area contributed by atoms with E-state index >= 15 is 0 Å². The molecular formula is C25H25N3O3S3. The van der Waals surface area contributed by atoms with E-state index in [4.69, 9.17) is 4.98 Å². The summed E-state index contributed by atoms with van der Waals surface area (Å²) in [6.45, 7) is 2.71. The van der Waals surface area contributed by atoms with Gasteiger partial charge in [0, 0.05) is 6.54 Å². The number of nitrogens with zero attached hydrogens (tertiary/aromatic N) is 3. The molecule has 1 saturated heterocycles. The Kier molecular flexibility index (Phi) is 6.52. The van der Waals surface area contributed by atoms with Crippen LogP contribution < -0.4 is 4.90 Å². The van der Waals surface area contributed by atoms with Crippen molar-refractivity contribution in [2.75, 3.05) is 11.4 Å². The first-order valence-corrected chi connectivity index (χ1v) is 14.3. The molecule has 0 bridgehead atoms. The minimum Gasteiger partial charge on any atom is -0.282 e. The number of fused-ring (bicyclic) bond motifs is 1. The van der Waals surface area contributed by atoms with E-state index < -0.39 is 16.1 Å². The number of sulfonamides is 1. The maximum absolute atomic E-state index is 14.1. The number of hydrogen-bond acceptors (Lipinski definition) is 6. The third-order valence-corrected chi connectivity index (χ3v) is 10.3. The normalized spacial score (nSPS) is 17.1. The summed E-state index contributed by atoms with van der Waals surface area (Å²) in [4.78, 5) is 20.5. The summed E-state index contributed by atoms with van der Waals surface area (Å²) in [6, 6.07) is 18.4. The van der Waals surface area contributed by atoms with E-state index in [0.717, 1.165) is 34.2 Å². The number of amides is 1. The standard InChI is InChI=1S/C25H25N3O3S3/c1-18-12-13-20-22(16-18)33-25(26-20)27(17-19-8-3-2-4-9-19)24(29)21-10-5-6-14-28(21)34(30,31)23-11-7-15-32-23/h2-4,7-9,11-13,15-16,21H,5-6,10,14,17H2,1H3. The van der Waals surface area contributed by atoms with Crippen LogP contribution in [-0.2, 0) is 21.4 Å². The number of benzene rings is 2. The molecule has 1 aliphatic rings. The number of anilines is 1. The van der Waals surface area contributed by atoms with E-state index in [9.17, 15) is 13.2 Å². The molecule has 0 spiro atoms. The number of thiophene rings is 1. The van der Waals surface area contributed by atoms with Crippen LogP contribution in [-0.4, -0.2) is 36.2 Å². The molecule has 2 aromatic carbocycles. The van der Waals surface area contributed by atoms with Crippen LogP contribution in [0.25, 0.3) is 10.2 Å². The Bertz CT molecular complexity index is 1400. The summed E-state index contributed by atoms with van der Waals surface area (Å²) in [5.41, 5.74) is 2.93. The van der Waals surface area contributed by atoms with Gasteiger partial charge in [-0.05, 0) is 54.5 Å². The highest BCUT2D eigenvalue weighted by molar-refractivity contribution is 7.91. The van der Waals surface area contributed by atoms with Crippen LogP contribution in [0.5, 0.6) is 0 Å². The fourth-order valence-electron chi connectivity index (χ4n) is 4.29. The minimum atomic E-state index is -3.74. The number of rotatable bonds is 6. The molecule has 34 heavy (non-hydrogen) atoms. The van der Waals surface area contributed by atoms with Gasteiger partial charge in [0.2, 0.25) is 5.91 Å². The van der Waals surface area contributed by atoms with E-state index in [1.165, 1.54) is 27.0 Å². The molecule has 5 rings (SSSR count).